The molecule has 6 nitrogen and oxygen atoms in total. The van der Waals surface area contributed by atoms with Crippen molar-refractivity contribution in [1.29, 1.82) is 0 Å². The lowest BCUT2D eigenvalue weighted by Gasteiger charge is -2.20. The van der Waals surface area contributed by atoms with Gasteiger partial charge < -0.3 is 19.7 Å². The van der Waals surface area contributed by atoms with Crippen molar-refractivity contribution in [1.82, 2.24) is 5.32 Å². The Labute approximate surface area is 155 Å². The molecular weight excluding hydrogens is 332 g/mol. The van der Waals surface area contributed by atoms with Gasteiger partial charge in [-0.1, -0.05) is 19.4 Å². The van der Waals surface area contributed by atoms with Crippen molar-refractivity contribution < 1.29 is 19.1 Å². The van der Waals surface area contributed by atoms with Gasteiger partial charge in [0.05, 0.1) is 18.7 Å². The van der Waals surface area contributed by atoms with Gasteiger partial charge >= 0.3 is 0 Å². The van der Waals surface area contributed by atoms with Gasteiger partial charge in [-0.3, -0.25) is 9.59 Å². The fourth-order valence-corrected chi connectivity index (χ4v) is 3.01. The third kappa shape index (κ3) is 5.46. The summed E-state index contributed by atoms with van der Waals surface area (Å²) in [5, 5.41) is 2.92. The lowest BCUT2D eigenvalue weighted by molar-refractivity contribution is -0.126. The maximum atomic E-state index is 12.4. The van der Waals surface area contributed by atoms with Crippen LogP contribution in [0.1, 0.15) is 38.2 Å². The molecule has 0 aromatic heterocycles. The van der Waals surface area contributed by atoms with Crippen LogP contribution >= 0.6 is 0 Å². The minimum Gasteiger partial charge on any atom is -0.495 e. The van der Waals surface area contributed by atoms with Crippen molar-refractivity contribution in [2.45, 2.75) is 39.5 Å². The van der Waals surface area contributed by atoms with Gasteiger partial charge in [0.1, 0.15) is 5.75 Å². The molecule has 1 heterocycles. The second kappa shape index (κ2) is 10.2. The third-order valence-electron chi connectivity index (χ3n) is 4.53. The summed E-state index contributed by atoms with van der Waals surface area (Å²) in [6, 6.07) is 5.71. The molecule has 1 unspecified atom stereocenters. The fourth-order valence-electron chi connectivity index (χ4n) is 3.01. The Morgan fingerprint density at radius 3 is 2.81 bits per heavy atom. The Morgan fingerprint density at radius 2 is 2.08 bits per heavy atom. The largest absolute Gasteiger partial charge is 0.495 e. The zero-order valence-corrected chi connectivity index (χ0v) is 16.0. The zero-order valence-electron chi connectivity index (χ0n) is 16.0. The van der Waals surface area contributed by atoms with Gasteiger partial charge in [0.25, 0.3) is 0 Å². The predicted octanol–water partition coefficient (Wildman–Crippen LogP) is 2.68. The minimum atomic E-state index is -0.325. The number of nitrogens with zero attached hydrogens (tertiary/aromatic N) is 1. The summed E-state index contributed by atoms with van der Waals surface area (Å²) in [6.45, 7) is 6.48. The van der Waals surface area contributed by atoms with Crippen molar-refractivity contribution >= 4 is 17.5 Å². The molecule has 144 valence electrons. The average Bonchev–Trinajstić information content (AvgIpc) is 3.02. The molecule has 2 amide bonds. The molecule has 1 aromatic carbocycles. The number of amides is 2. The van der Waals surface area contributed by atoms with Gasteiger partial charge in [0.15, 0.2) is 0 Å². The molecule has 0 aliphatic carbocycles. The molecule has 1 aliphatic rings. The summed E-state index contributed by atoms with van der Waals surface area (Å²) in [4.78, 5) is 26.4. The van der Waals surface area contributed by atoms with E-state index in [4.69, 9.17) is 9.47 Å². The molecule has 1 aliphatic heterocycles. The summed E-state index contributed by atoms with van der Waals surface area (Å²) in [7, 11) is 1.58. The first kappa shape index (κ1) is 20.2. The van der Waals surface area contributed by atoms with Gasteiger partial charge in [-0.05, 0) is 37.5 Å². The maximum absolute atomic E-state index is 12.4. The van der Waals surface area contributed by atoms with Crippen LogP contribution in [0.5, 0.6) is 5.75 Å². The fraction of sp³-hybridized carbons (Fsp3) is 0.600. The molecule has 0 radical (unpaired) electrons. The van der Waals surface area contributed by atoms with Crippen LogP contribution in [0.15, 0.2) is 18.2 Å². The number of methoxy groups -OCH3 is 1. The molecule has 26 heavy (non-hydrogen) atoms. The first-order valence-corrected chi connectivity index (χ1v) is 9.37. The first-order valence-electron chi connectivity index (χ1n) is 9.37. The highest BCUT2D eigenvalue weighted by Crippen LogP contribution is 2.33. The molecular formula is C20H30N2O4. The van der Waals surface area contributed by atoms with Crippen LogP contribution in [0, 0.1) is 12.8 Å². The van der Waals surface area contributed by atoms with Crippen molar-refractivity contribution in [3.8, 4) is 5.75 Å². The summed E-state index contributed by atoms with van der Waals surface area (Å²) < 4.78 is 10.9. The Balaban J connectivity index is 1.83. The van der Waals surface area contributed by atoms with Crippen LogP contribution in [-0.2, 0) is 14.3 Å². The number of benzene rings is 1. The second-order valence-electron chi connectivity index (χ2n) is 6.69. The van der Waals surface area contributed by atoms with E-state index in [1.807, 2.05) is 25.1 Å². The normalized spacial score (nSPS) is 16.8. The summed E-state index contributed by atoms with van der Waals surface area (Å²) in [5.74, 6) is 0.209. The third-order valence-corrected chi connectivity index (χ3v) is 4.53. The Hall–Kier alpha value is -2.08. The lowest BCUT2D eigenvalue weighted by Crippen LogP contribution is -2.34. The summed E-state index contributed by atoms with van der Waals surface area (Å²) in [5.41, 5.74) is 1.78. The van der Waals surface area contributed by atoms with E-state index < -0.39 is 0 Å². The number of carbonyl (C=O) groups is 2. The number of hydrogen-bond donors (Lipinski definition) is 1. The predicted molar refractivity (Wildman–Crippen MR) is 102 cm³/mol. The van der Waals surface area contributed by atoms with E-state index >= 15 is 0 Å². The number of carbonyl (C=O) groups excluding carboxylic acids is 2. The number of aryl methyl sites for hydroxylation is 1. The average molecular weight is 362 g/mol. The number of anilines is 1. The van der Waals surface area contributed by atoms with Crippen LogP contribution in [0.4, 0.5) is 5.69 Å². The lowest BCUT2D eigenvalue weighted by atomic mass is 10.1. The Bertz CT molecular complexity index is 618. The highest BCUT2D eigenvalue weighted by molar-refractivity contribution is 6.01. The van der Waals surface area contributed by atoms with Crippen molar-refractivity contribution in [3.05, 3.63) is 23.8 Å². The van der Waals surface area contributed by atoms with Crippen molar-refractivity contribution in [2.75, 3.05) is 38.3 Å². The highest BCUT2D eigenvalue weighted by Gasteiger charge is 2.36. The van der Waals surface area contributed by atoms with Crippen molar-refractivity contribution in [3.63, 3.8) is 0 Å². The number of nitrogens with one attached hydrogen (secondary N) is 1. The van der Waals surface area contributed by atoms with Crippen LogP contribution < -0.4 is 15.0 Å². The Kier molecular flexibility index (Phi) is 7.91. The Morgan fingerprint density at radius 1 is 1.31 bits per heavy atom. The minimum absolute atomic E-state index is 0.0445. The van der Waals surface area contributed by atoms with Crippen LogP contribution in [0.25, 0.3) is 0 Å². The standard InChI is InChI=1S/C20H30N2O4/c1-4-5-10-26-11-6-9-21-20(24)16-13-19(23)22(14-16)17-12-15(2)7-8-18(17)25-3/h7-8,12,16H,4-6,9-11,13-14H2,1-3H3,(H,21,24). The topological polar surface area (TPSA) is 67.9 Å². The number of hydrogen-bond acceptors (Lipinski definition) is 4. The molecule has 2 rings (SSSR count). The molecule has 0 bridgehead atoms. The van der Waals surface area contributed by atoms with Gasteiger partial charge in [-0.15, -0.1) is 0 Å². The van der Waals surface area contributed by atoms with Gasteiger partial charge in [0, 0.05) is 32.7 Å². The van der Waals surface area contributed by atoms with Crippen LogP contribution in [0.2, 0.25) is 0 Å². The molecule has 1 saturated heterocycles. The maximum Gasteiger partial charge on any atom is 0.227 e. The smallest absolute Gasteiger partial charge is 0.227 e. The van der Waals surface area contributed by atoms with E-state index in [0.29, 0.717) is 25.4 Å². The van der Waals surface area contributed by atoms with E-state index in [1.54, 1.807) is 12.0 Å². The molecule has 1 N–H and O–H groups in total. The van der Waals surface area contributed by atoms with Gasteiger partial charge in [0.2, 0.25) is 11.8 Å². The van der Waals surface area contributed by atoms with E-state index in [2.05, 4.69) is 12.2 Å². The molecule has 0 saturated carbocycles. The van der Waals surface area contributed by atoms with E-state index in [1.165, 1.54) is 0 Å². The molecule has 1 aromatic rings. The highest BCUT2D eigenvalue weighted by atomic mass is 16.5. The van der Waals surface area contributed by atoms with Crippen LogP contribution in [0.3, 0.4) is 0 Å². The van der Waals surface area contributed by atoms with E-state index in [0.717, 1.165) is 37.1 Å². The van der Waals surface area contributed by atoms with Gasteiger partial charge in [-0.2, -0.15) is 0 Å². The molecule has 6 heteroatoms. The quantitative estimate of drug-likeness (QED) is 0.650. The molecule has 1 atom stereocenters. The monoisotopic (exact) mass is 362 g/mol. The van der Waals surface area contributed by atoms with Crippen molar-refractivity contribution in [2.24, 2.45) is 5.92 Å². The van der Waals surface area contributed by atoms with Crippen LogP contribution in [-0.4, -0.2) is 45.2 Å². The number of rotatable bonds is 10. The zero-order chi connectivity index (χ0) is 18.9. The molecule has 1 fully saturated rings. The summed E-state index contributed by atoms with van der Waals surface area (Å²) >= 11 is 0. The SMILES string of the molecule is CCCCOCCCNC(=O)C1CC(=O)N(c2cc(C)ccc2OC)C1. The van der Waals surface area contributed by atoms with E-state index in [-0.39, 0.29) is 24.2 Å². The second-order valence-corrected chi connectivity index (χ2v) is 6.69. The number of ether oxygens (including phenoxy) is 2. The number of unbranched alkanes of at least 4 members (excludes halogenated alkanes) is 1. The van der Waals surface area contributed by atoms with Gasteiger partial charge in [-0.25, -0.2) is 0 Å². The van der Waals surface area contributed by atoms with E-state index in [9.17, 15) is 9.59 Å². The summed E-state index contributed by atoms with van der Waals surface area (Å²) in [6.07, 6.45) is 3.20. The first-order chi connectivity index (χ1) is 12.6. The molecule has 0 spiro atoms.